The molecule has 1 saturated heterocycles. The maximum Gasteiger partial charge on any atom is 0.0638 e. The van der Waals surface area contributed by atoms with E-state index in [1.54, 1.807) is 0 Å². The summed E-state index contributed by atoms with van der Waals surface area (Å²) in [4.78, 5) is 5.06. The summed E-state index contributed by atoms with van der Waals surface area (Å²) in [6.07, 6.45) is 0. The molecule has 5 nitrogen and oxygen atoms in total. The van der Waals surface area contributed by atoms with Gasteiger partial charge in [-0.3, -0.25) is 10.00 Å². The Hall–Kier alpha value is -0.910. The third kappa shape index (κ3) is 4.28. The summed E-state index contributed by atoms with van der Waals surface area (Å²) in [6.45, 7) is 15.5. The third-order valence-electron chi connectivity index (χ3n) is 4.71. The second kappa shape index (κ2) is 7.38. The molecule has 2 rings (SSSR count). The number of nitrogens with zero attached hydrogens (tertiary/aromatic N) is 3. The van der Waals surface area contributed by atoms with E-state index in [4.69, 9.17) is 0 Å². The molecule has 0 aliphatic carbocycles. The van der Waals surface area contributed by atoms with Crippen molar-refractivity contribution in [2.24, 2.45) is 5.92 Å². The average molecular weight is 293 g/mol. The Balaban J connectivity index is 1.86. The van der Waals surface area contributed by atoms with Gasteiger partial charge in [0.25, 0.3) is 0 Å². The molecule has 2 heterocycles. The molecule has 1 atom stereocenters. The Bertz CT molecular complexity index is 412. The Morgan fingerprint density at radius 3 is 2.38 bits per heavy atom. The summed E-state index contributed by atoms with van der Waals surface area (Å²) in [5.74, 6) is 0.674. The smallest absolute Gasteiger partial charge is 0.0638 e. The van der Waals surface area contributed by atoms with Crippen LogP contribution in [0, 0.1) is 19.8 Å². The Morgan fingerprint density at radius 1 is 1.19 bits per heavy atom. The van der Waals surface area contributed by atoms with Gasteiger partial charge in [-0.05, 0) is 26.8 Å². The molecule has 1 unspecified atom stereocenters. The minimum absolute atomic E-state index is 0.617. The molecule has 0 radical (unpaired) electrons. The summed E-state index contributed by atoms with van der Waals surface area (Å²) < 4.78 is 0. The van der Waals surface area contributed by atoms with Gasteiger partial charge in [0.15, 0.2) is 0 Å². The van der Waals surface area contributed by atoms with Crippen LogP contribution in [0.5, 0.6) is 0 Å². The van der Waals surface area contributed by atoms with Crippen LogP contribution in [0.3, 0.4) is 0 Å². The fraction of sp³-hybridized carbons (Fsp3) is 0.812. The molecular formula is C16H31N5. The number of hydrogen-bond donors (Lipinski definition) is 2. The second-order valence-electron chi connectivity index (χ2n) is 6.69. The molecule has 0 aromatic carbocycles. The van der Waals surface area contributed by atoms with Gasteiger partial charge in [0.1, 0.15) is 0 Å². The van der Waals surface area contributed by atoms with E-state index in [0.29, 0.717) is 12.0 Å². The molecule has 0 saturated carbocycles. The molecule has 0 amide bonds. The minimum atomic E-state index is 0.617. The molecule has 0 bridgehead atoms. The maximum atomic E-state index is 4.27. The van der Waals surface area contributed by atoms with E-state index in [1.807, 2.05) is 0 Å². The van der Waals surface area contributed by atoms with Crippen LogP contribution in [0.2, 0.25) is 0 Å². The van der Waals surface area contributed by atoms with Crippen molar-refractivity contribution in [3.05, 3.63) is 17.0 Å². The molecule has 1 aliphatic rings. The van der Waals surface area contributed by atoms with E-state index in [9.17, 15) is 0 Å². The SMILES string of the molecule is Cc1n[nH]c(C)c1CNCC(C(C)C)N1CCN(C)CC1. The molecule has 1 fully saturated rings. The monoisotopic (exact) mass is 293 g/mol. The molecular weight excluding hydrogens is 262 g/mol. The van der Waals surface area contributed by atoms with E-state index >= 15 is 0 Å². The summed E-state index contributed by atoms with van der Waals surface area (Å²) in [5.41, 5.74) is 3.61. The number of likely N-dealkylation sites (N-methyl/N-ethyl adjacent to an activating group) is 1. The molecule has 1 aromatic rings. The number of aromatic amines is 1. The Labute approximate surface area is 129 Å². The first-order chi connectivity index (χ1) is 9.99. The molecule has 2 N–H and O–H groups in total. The first-order valence-electron chi connectivity index (χ1n) is 8.12. The van der Waals surface area contributed by atoms with Crippen LogP contribution >= 0.6 is 0 Å². The lowest BCUT2D eigenvalue weighted by Gasteiger charge is -2.40. The van der Waals surface area contributed by atoms with E-state index in [0.717, 1.165) is 18.8 Å². The van der Waals surface area contributed by atoms with Crippen molar-refractivity contribution in [1.82, 2.24) is 25.3 Å². The molecule has 1 aromatic heterocycles. The first kappa shape index (κ1) is 16.5. The van der Waals surface area contributed by atoms with Crippen LogP contribution in [-0.4, -0.2) is 65.8 Å². The zero-order valence-corrected chi connectivity index (χ0v) is 14.2. The molecule has 5 heteroatoms. The van der Waals surface area contributed by atoms with E-state index in [-0.39, 0.29) is 0 Å². The second-order valence-corrected chi connectivity index (χ2v) is 6.69. The lowest BCUT2D eigenvalue weighted by molar-refractivity contribution is 0.0875. The van der Waals surface area contributed by atoms with E-state index in [2.05, 4.69) is 60.1 Å². The fourth-order valence-electron chi connectivity index (χ4n) is 3.12. The predicted octanol–water partition coefficient (Wildman–Crippen LogP) is 1.39. The van der Waals surface area contributed by atoms with Gasteiger partial charge in [-0.25, -0.2) is 0 Å². The van der Waals surface area contributed by atoms with Crippen molar-refractivity contribution < 1.29 is 0 Å². The van der Waals surface area contributed by atoms with Crippen LogP contribution in [0.15, 0.2) is 0 Å². The van der Waals surface area contributed by atoms with Crippen molar-refractivity contribution in [1.29, 1.82) is 0 Å². The van der Waals surface area contributed by atoms with Gasteiger partial charge in [-0.15, -0.1) is 0 Å². The van der Waals surface area contributed by atoms with Gasteiger partial charge in [0.2, 0.25) is 0 Å². The van der Waals surface area contributed by atoms with Gasteiger partial charge >= 0.3 is 0 Å². The van der Waals surface area contributed by atoms with Gasteiger partial charge in [0, 0.05) is 56.6 Å². The predicted molar refractivity (Wildman–Crippen MR) is 87.5 cm³/mol. The summed E-state index contributed by atoms with van der Waals surface area (Å²) in [5, 5.41) is 11.0. The highest BCUT2D eigenvalue weighted by molar-refractivity contribution is 5.22. The number of piperazine rings is 1. The van der Waals surface area contributed by atoms with Crippen LogP contribution in [0.1, 0.15) is 30.8 Å². The Morgan fingerprint density at radius 2 is 1.86 bits per heavy atom. The number of nitrogens with one attached hydrogen (secondary N) is 2. The standard InChI is InChI=1S/C16H31N5/c1-12(2)16(21-8-6-20(5)7-9-21)11-17-10-15-13(3)18-19-14(15)4/h12,16-17H,6-11H2,1-5H3,(H,18,19). The van der Waals surface area contributed by atoms with Gasteiger partial charge in [-0.1, -0.05) is 13.8 Å². The lowest BCUT2D eigenvalue weighted by atomic mass is 10.0. The maximum absolute atomic E-state index is 4.27. The van der Waals surface area contributed by atoms with Gasteiger partial charge < -0.3 is 10.2 Å². The van der Waals surface area contributed by atoms with Crippen LogP contribution in [0.4, 0.5) is 0 Å². The van der Waals surface area contributed by atoms with Crippen LogP contribution in [0.25, 0.3) is 0 Å². The highest BCUT2D eigenvalue weighted by Crippen LogP contribution is 2.14. The summed E-state index contributed by atoms with van der Waals surface area (Å²) in [6, 6.07) is 0.617. The minimum Gasteiger partial charge on any atom is -0.311 e. The van der Waals surface area contributed by atoms with Crippen molar-refractivity contribution in [2.75, 3.05) is 39.8 Å². The zero-order chi connectivity index (χ0) is 15.4. The first-order valence-corrected chi connectivity index (χ1v) is 8.12. The molecule has 21 heavy (non-hydrogen) atoms. The highest BCUT2D eigenvalue weighted by atomic mass is 15.3. The summed E-state index contributed by atoms with van der Waals surface area (Å²) in [7, 11) is 2.21. The van der Waals surface area contributed by atoms with E-state index < -0.39 is 0 Å². The topological polar surface area (TPSA) is 47.2 Å². The largest absolute Gasteiger partial charge is 0.311 e. The fourth-order valence-corrected chi connectivity index (χ4v) is 3.12. The third-order valence-corrected chi connectivity index (χ3v) is 4.71. The van der Waals surface area contributed by atoms with Crippen LogP contribution in [-0.2, 0) is 6.54 Å². The van der Waals surface area contributed by atoms with Gasteiger partial charge in [0.05, 0.1) is 5.69 Å². The molecule has 1 aliphatic heterocycles. The number of aryl methyl sites for hydroxylation is 2. The number of H-pyrrole nitrogens is 1. The molecule has 0 spiro atoms. The highest BCUT2D eigenvalue weighted by Gasteiger charge is 2.24. The van der Waals surface area contributed by atoms with Crippen molar-refractivity contribution >= 4 is 0 Å². The zero-order valence-electron chi connectivity index (χ0n) is 14.2. The normalized spacial score (nSPS) is 19.3. The summed E-state index contributed by atoms with van der Waals surface area (Å²) >= 11 is 0. The van der Waals surface area contributed by atoms with Gasteiger partial charge in [-0.2, -0.15) is 5.10 Å². The number of aromatic nitrogens is 2. The van der Waals surface area contributed by atoms with Crippen molar-refractivity contribution in [2.45, 2.75) is 40.3 Å². The Kier molecular flexibility index (Phi) is 5.79. The number of rotatable bonds is 6. The quantitative estimate of drug-likeness (QED) is 0.832. The van der Waals surface area contributed by atoms with Crippen LogP contribution < -0.4 is 5.32 Å². The van der Waals surface area contributed by atoms with E-state index in [1.165, 1.54) is 37.4 Å². The number of hydrogen-bond acceptors (Lipinski definition) is 4. The molecule has 120 valence electrons. The van der Waals surface area contributed by atoms with Crippen molar-refractivity contribution in [3.8, 4) is 0 Å². The average Bonchev–Trinajstić information content (AvgIpc) is 2.76. The lowest BCUT2D eigenvalue weighted by Crippen LogP contribution is -2.53. The van der Waals surface area contributed by atoms with Crippen molar-refractivity contribution in [3.63, 3.8) is 0 Å².